The van der Waals surface area contributed by atoms with Crippen molar-refractivity contribution in [1.82, 2.24) is 19.7 Å². The van der Waals surface area contributed by atoms with Gasteiger partial charge in [-0.25, -0.2) is 14.6 Å². The van der Waals surface area contributed by atoms with Crippen molar-refractivity contribution in [2.75, 3.05) is 0 Å². The van der Waals surface area contributed by atoms with E-state index in [1.54, 1.807) is 17.8 Å². The zero-order valence-electron chi connectivity index (χ0n) is 9.01. The van der Waals surface area contributed by atoms with Crippen LogP contribution in [0.15, 0.2) is 12.4 Å². The first-order valence-electron chi connectivity index (χ1n) is 4.92. The van der Waals surface area contributed by atoms with E-state index in [-0.39, 0.29) is 11.7 Å². The second kappa shape index (κ2) is 4.17. The van der Waals surface area contributed by atoms with Crippen LogP contribution in [0.5, 0.6) is 0 Å². The van der Waals surface area contributed by atoms with Crippen LogP contribution in [0.4, 0.5) is 0 Å². The third-order valence-electron chi connectivity index (χ3n) is 2.46. The summed E-state index contributed by atoms with van der Waals surface area (Å²) in [6.45, 7) is 3.91. The van der Waals surface area contributed by atoms with Crippen molar-refractivity contribution in [2.24, 2.45) is 5.92 Å². The molecule has 0 aliphatic heterocycles. The molecule has 0 spiro atoms. The monoisotopic (exact) mass is 238 g/mol. The molecule has 0 aliphatic carbocycles. The standard InChI is InChI=1S/C10H11ClN4O/c1-6(7(2)16)5-15-10-8(3-13-15)12-4-9(11)14-10/h3-4,6H,5H2,1-2H3/t6-/m1/s1. The van der Waals surface area contributed by atoms with Gasteiger partial charge in [0.15, 0.2) is 5.65 Å². The number of carbonyl (C=O) groups excluding carboxylic acids is 1. The lowest BCUT2D eigenvalue weighted by Gasteiger charge is -2.07. The van der Waals surface area contributed by atoms with E-state index < -0.39 is 0 Å². The van der Waals surface area contributed by atoms with E-state index in [0.29, 0.717) is 22.9 Å². The van der Waals surface area contributed by atoms with Crippen LogP contribution in [0, 0.1) is 5.92 Å². The third kappa shape index (κ3) is 2.04. The third-order valence-corrected chi connectivity index (χ3v) is 2.64. The van der Waals surface area contributed by atoms with Gasteiger partial charge in [-0.15, -0.1) is 0 Å². The molecule has 0 saturated carbocycles. The number of rotatable bonds is 3. The molecule has 2 aromatic heterocycles. The molecule has 2 rings (SSSR count). The zero-order chi connectivity index (χ0) is 11.7. The van der Waals surface area contributed by atoms with Crippen molar-refractivity contribution in [2.45, 2.75) is 20.4 Å². The zero-order valence-corrected chi connectivity index (χ0v) is 9.77. The van der Waals surface area contributed by atoms with E-state index in [4.69, 9.17) is 11.6 Å². The van der Waals surface area contributed by atoms with Crippen molar-refractivity contribution in [3.8, 4) is 0 Å². The van der Waals surface area contributed by atoms with E-state index in [9.17, 15) is 4.79 Å². The van der Waals surface area contributed by atoms with Crippen LogP contribution in [-0.4, -0.2) is 25.5 Å². The maximum Gasteiger partial charge on any atom is 0.178 e. The van der Waals surface area contributed by atoms with E-state index >= 15 is 0 Å². The van der Waals surface area contributed by atoms with Gasteiger partial charge in [-0.2, -0.15) is 5.10 Å². The van der Waals surface area contributed by atoms with Crippen LogP contribution < -0.4 is 0 Å². The summed E-state index contributed by atoms with van der Waals surface area (Å²) >= 11 is 5.76. The summed E-state index contributed by atoms with van der Waals surface area (Å²) in [6.07, 6.45) is 3.09. The van der Waals surface area contributed by atoms with Gasteiger partial charge in [0.2, 0.25) is 0 Å². The topological polar surface area (TPSA) is 60.7 Å². The molecule has 1 atom stereocenters. The lowest BCUT2D eigenvalue weighted by atomic mass is 10.1. The van der Waals surface area contributed by atoms with E-state index in [0.717, 1.165) is 0 Å². The Balaban J connectivity index is 2.37. The molecule has 0 aliphatic rings. The average Bonchev–Trinajstić information content (AvgIpc) is 2.61. The highest BCUT2D eigenvalue weighted by Gasteiger charge is 2.12. The minimum atomic E-state index is -0.0936. The number of halogens is 1. The summed E-state index contributed by atoms with van der Waals surface area (Å²) in [6, 6.07) is 0. The minimum Gasteiger partial charge on any atom is -0.300 e. The highest BCUT2D eigenvalue weighted by atomic mass is 35.5. The molecule has 2 aromatic rings. The molecule has 2 heterocycles. The van der Waals surface area contributed by atoms with Crippen molar-refractivity contribution >= 4 is 28.5 Å². The van der Waals surface area contributed by atoms with Crippen molar-refractivity contribution in [1.29, 1.82) is 0 Å². The molecular weight excluding hydrogens is 228 g/mol. The van der Waals surface area contributed by atoms with Gasteiger partial charge in [0.1, 0.15) is 16.5 Å². The van der Waals surface area contributed by atoms with Gasteiger partial charge in [-0.05, 0) is 6.92 Å². The molecule has 0 bridgehead atoms. The number of hydrogen-bond acceptors (Lipinski definition) is 4. The maximum atomic E-state index is 11.2. The summed E-state index contributed by atoms with van der Waals surface area (Å²) < 4.78 is 1.65. The molecule has 0 fully saturated rings. The molecule has 0 aromatic carbocycles. The van der Waals surface area contributed by atoms with Crippen LogP contribution in [0.2, 0.25) is 5.15 Å². The fraction of sp³-hybridized carbons (Fsp3) is 0.400. The van der Waals surface area contributed by atoms with Gasteiger partial charge in [0, 0.05) is 5.92 Å². The van der Waals surface area contributed by atoms with Crippen LogP contribution in [0.1, 0.15) is 13.8 Å². The fourth-order valence-electron chi connectivity index (χ4n) is 1.35. The van der Waals surface area contributed by atoms with Crippen molar-refractivity contribution in [3.63, 3.8) is 0 Å². The molecule has 0 radical (unpaired) electrons. The largest absolute Gasteiger partial charge is 0.300 e. The highest BCUT2D eigenvalue weighted by Crippen LogP contribution is 2.13. The Labute approximate surface area is 97.4 Å². The fourth-order valence-corrected chi connectivity index (χ4v) is 1.48. The summed E-state index contributed by atoms with van der Waals surface area (Å²) in [7, 11) is 0. The van der Waals surface area contributed by atoms with Gasteiger partial charge in [-0.3, -0.25) is 4.79 Å². The predicted octanol–water partition coefficient (Wildman–Crippen LogP) is 1.70. The van der Waals surface area contributed by atoms with Gasteiger partial charge < -0.3 is 0 Å². The number of nitrogens with zero attached hydrogens (tertiary/aromatic N) is 4. The Hall–Kier alpha value is -1.49. The summed E-state index contributed by atoms with van der Waals surface area (Å²) in [5.74, 6) is 0.0301. The second-order valence-electron chi connectivity index (χ2n) is 3.74. The lowest BCUT2D eigenvalue weighted by molar-refractivity contribution is -0.120. The molecule has 0 N–H and O–H groups in total. The Kier molecular flexibility index (Phi) is 2.87. The number of carbonyl (C=O) groups is 1. The van der Waals surface area contributed by atoms with Crippen LogP contribution in [0.25, 0.3) is 11.2 Å². The molecule has 6 heteroatoms. The van der Waals surface area contributed by atoms with E-state index in [2.05, 4.69) is 15.1 Å². The maximum absolute atomic E-state index is 11.2. The smallest absolute Gasteiger partial charge is 0.178 e. The van der Waals surface area contributed by atoms with E-state index in [1.165, 1.54) is 6.20 Å². The average molecular weight is 239 g/mol. The van der Waals surface area contributed by atoms with Crippen LogP contribution >= 0.6 is 11.6 Å². The van der Waals surface area contributed by atoms with Gasteiger partial charge >= 0.3 is 0 Å². The van der Waals surface area contributed by atoms with Crippen molar-refractivity contribution in [3.05, 3.63) is 17.5 Å². The number of ketones is 1. The number of hydrogen-bond donors (Lipinski definition) is 0. The van der Waals surface area contributed by atoms with Gasteiger partial charge in [-0.1, -0.05) is 18.5 Å². The van der Waals surface area contributed by atoms with Crippen LogP contribution in [-0.2, 0) is 11.3 Å². The molecule has 0 amide bonds. The lowest BCUT2D eigenvalue weighted by Crippen LogP contribution is -2.15. The first kappa shape index (κ1) is 11.0. The Morgan fingerprint density at radius 2 is 2.31 bits per heavy atom. The number of Topliss-reactive ketones (excluding diaryl/α,β-unsaturated/α-hetero) is 1. The number of fused-ring (bicyclic) bond motifs is 1. The van der Waals surface area contributed by atoms with E-state index in [1.807, 2.05) is 6.92 Å². The summed E-state index contributed by atoms with van der Waals surface area (Å²) in [4.78, 5) is 19.4. The van der Waals surface area contributed by atoms with Gasteiger partial charge in [0.05, 0.1) is 18.9 Å². The van der Waals surface area contributed by atoms with Crippen LogP contribution in [0.3, 0.4) is 0 Å². The Morgan fingerprint density at radius 3 is 3.00 bits per heavy atom. The molecule has 0 unspecified atom stereocenters. The Bertz CT molecular complexity index is 537. The highest BCUT2D eigenvalue weighted by molar-refractivity contribution is 6.29. The first-order chi connectivity index (χ1) is 7.58. The first-order valence-corrected chi connectivity index (χ1v) is 5.30. The molecule has 0 saturated heterocycles. The minimum absolute atomic E-state index is 0.0936. The van der Waals surface area contributed by atoms with Crippen molar-refractivity contribution < 1.29 is 4.79 Å². The summed E-state index contributed by atoms with van der Waals surface area (Å²) in [5.41, 5.74) is 1.29. The number of aromatic nitrogens is 4. The predicted molar refractivity (Wildman–Crippen MR) is 60.2 cm³/mol. The summed E-state index contributed by atoms with van der Waals surface area (Å²) in [5, 5.41) is 4.46. The molecule has 5 nitrogen and oxygen atoms in total. The molecule has 84 valence electrons. The quantitative estimate of drug-likeness (QED) is 0.817. The van der Waals surface area contributed by atoms with Gasteiger partial charge in [0.25, 0.3) is 0 Å². The normalized spacial score (nSPS) is 12.9. The second-order valence-corrected chi connectivity index (χ2v) is 4.13. The molecular formula is C10H11ClN4O. The Morgan fingerprint density at radius 1 is 1.56 bits per heavy atom. The molecule has 16 heavy (non-hydrogen) atoms. The SMILES string of the molecule is CC(=O)[C@H](C)Cn1ncc2ncc(Cl)nc21.